The molecule has 3 aliphatic rings. The Labute approximate surface area is 205 Å². The minimum absolute atomic E-state index is 0.0815. The monoisotopic (exact) mass is 475 g/mol. The number of benzene rings is 1. The fourth-order valence-corrected chi connectivity index (χ4v) is 5.74. The van der Waals surface area contributed by atoms with Gasteiger partial charge in [-0.3, -0.25) is 4.90 Å². The van der Waals surface area contributed by atoms with Gasteiger partial charge in [0.1, 0.15) is 0 Å². The van der Waals surface area contributed by atoms with Gasteiger partial charge in [0.05, 0.1) is 28.6 Å². The van der Waals surface area contributed by atoms with E-state index in [0.29, 0.717) is 23.6 Å². The Morgan fingerprint density at radius 3 is 2.49 bits per heavy atom. The van der Waals surface area contributed by atoms with E-state index in [2.05, 4.69) is 14.8 Å². The van der Waals surface area contributed by atoms with E-state index in [4.69, 9.17) is 9.84 Å². The average molecular weight is 476 g/mol. The lowest BCUT2D eigenvalue weighted by Gasteiger charge is -2.42. The van der Waals surface area contributed by atoms with Crippen LogP contribution in [-0.4, -0.2) is 76.7 Å². The zero-order valence-corrected chi connectivity index (χ0v) is 20.3. The van der Waals surface area contributed by atoms with Gasteiger partial charge in [0, 0.05) is 45.8 Å². The van der Waals surface area contributed by atoms with Crippen molar-refractivity contribution in [1.82, 2.24) is 19.7 Å². The van der Waals surface area contributed by atoms with Crippen LogP contribution in [0.3, 0.4) is 0 Å². The molecule has 6 rings (SSSR count). The number of carbonyl (C=O) groups is 1. The number of methoxy groups -OCH3 is 1. The molecular weight excluding hydrogens is 442 g/mol. The SMILES string of the molecule is COC1CN(CC2CCN(c3cc(C(=O)O)nc4c3c(C3CCC3)nn4-c3ccccc3)CC2)C1. The normalized spacial score (nSPS) is 20.2. The first-order chi connectivity index (χ1) is 17.1. The molecule has 1 aromatic carbocycles. The van der Waals surface area contributed by atoms with Crippen LogP contribution in [0, 0.1) is 5.92 Å². The molecule has 3 fully saturated rings. The number of rotatable bonds is 7. The molecular formula is C27H33N5O3. The second-order valence-corrected chi connectivity index (χ2v) is 10.3. The summed E-state index contributed by atoms with van der Waals surface area (Å²) in [7, 11) is 1.79. The number of para-hydroxylation sites is 1. The van der Waals surface area contributed by atoms with Crippen LogP contribution in [-0.2, 0) is 4.74 Å². The van der Waals surface area contributed by atoms with E-state index >= 15 is 0 Å². The number of hydrogen-bond acceptors (Lipinski definition) is 6. The maximum absolute atomic E-state index is 12.1. The number of anilines is 1. The molecule has 1 saturated carbocycles. The Balaban J connectivity index is 1.34. The quantitative estimate of drug-likeness (QED) is 0.554. The van der Waals surface area contributed by atoms with E-state index in [1.165, 1.54) is 6.42 Å². The standard InChI is InChI=1S/C27H33N5O3/c1-35-21-16-30(17-21)15-18-10-12-31(13-11-18)23-14-22(27(33)34)28-26-24(23)25(19-6-5-7-19)29-32(26)20-8-3-2-4-9-20/h2-4,8-9,14,18-19,21H,5-7,10-13,15-17H2,1H3,(H,33,34). The molecule has 8 heteroatoms. The summed E-state index contributed by atoms with van der Waals surface area (Å²) in [5.74, 6) is 0.0781. The molecule has 2 saturated heterocycles. The van der Waals surface area contributed by atoms with Gasteiger partial charge in [0.25, 0.3) is 0 Å². The third kappa shape index (κ3) is 4.19. The first-order valence-corrected chi connectivity index (χ1v) is 12.8. The zero-order chi connectivity index (χ0) is 23.9. The highest BCUT2D eigenvalue weighted by atomic mass is 16.5. The van der Waals surface area contributed by atoms with E-state index in [1.807, 2.05) is 35.0 Å². The van der Waals surface area contributed by atoms with Crippen molar-refractivity contribution in [3.8, 4) is 5.69 Å². The van der Waals surface area contributed by atoms with E-state index in [1.54, 1.807) is 13.2 Å². The molecule has 2 aromatic heterocycles. The van der Waals surface area contributed by atoms with E-state index in [0.717, 1.165) is 80.9 Å². The Hall–Kier alpha value is -2.97. The number of aromatic carboxylic acids is 1. The molecule has 0 radical (unpaired) electrons. The third-order valence-electron chi connectivity index (χ3n) is 8.08. The fraction of sp³-hybridized carbons (Fsp3) is 0.519. The summed E-state index contributed by atoms with van der Waals surface area (Å²) in [5.41, 5.74) is 3.70. The second kappa shape index (κ2) is 9.24. The van der Waals surface area contributed by atoms with Crippen LogP contribution in [0.5, 0.6) is 0 Å². The van der Waals surface area contributed by atoms with Crippen molar-refractivity contribution >= 4 is 22.7 Å². The summed E-state index contributed by atoms with van der Waals surface area (Å²) in [6, 6.07) is 11.7. The molecule has 3 aromatic rings. The van der Waals surface area contributed by atoms with Crippen LogP contribution in [0.25, 0.3) is 16.7 Å². The summed E-state index contributed by atoms with van der Waals surface area (Å²) in [6.45, 7) is 5.04. The van der Waals surface area contributed by atoms with Crippen molar-refractivity contribution < 1.29 is 14.6 Å². The number of nitrogens with zero attached hydrogens (tertiary/aromatic N) is 5. The van der Waals surface area contributed by atoms with Gasteiger partial charge in [-0.15, -0.1) is 0 Å². The number of aromatic nitrogens is 3. The maximum atomic E-state index is 12.1. The van der Waals surface area contributed by atoms with Crippen LogP contribution >= 0.6 is 0 Å². The average Bonchev–Trinajstić information content (AvgIpc) is 3.19. The Kier molecular flexibility index (Phi) is 5.94. The predicted octanol–water partition coefficient (Wildman–Crippen LogP) is 3.93. The molecule has 0 amide bonds. The van der Waals surface area contributed by atoms with Crippen LogP contribution in [0.2, 0.25) is 0 Å². The smallest absolute Gasteiger partial charge is 0.354 e. The molecule has 0 bridgehead atoms. The Bertz CT molecular complexity index is 1210. The summed E-state index contributed by atoms with van der Waals surface area (Å²) in [5, 5.41) is 16.0. The minimum atomic E-state index is -1.00. The summed E-state index contributed by atoms with van der Waals surface area (Å²) in [4.78, 5) is 21.5. The highest BCUT2D eigenvalue weighted by molar-refractivity contribution is 5.98. The van der Waals surface area contributed by atoms with Gasteiger partial charge in [-0.05, 0) is 49.8 Å². The lowest BCUT2D eigenvalue weighted by molar-refractivity contribution is -0.0370. The molecule has 1 aliphatic carbocycles. The molecule has 8 nitrogen and oxygen atoms in total. The number of hydrogen-bond donors (Lipinski definition) is 1. The van der Waals surface area contributed by atoms with Crippen molar-refractivity contribution in [2.24, 2.45) is 5.92 Å². The van der Waals surface area contributed by atoms with Gasteiger partial charge in [0.15, 0.2) is 11.3 Å². The lowest BCUT2D eigenvalue weighted by Crippen LogP contribution is -2.53. The molecule has 35 heavy (non-hydrogen) atoms. The lowest BCUT2D eigenvalue weighted by atomic mass is 9.81. The number of likely N-dealkylation sites (tertiary alicyclic amines) is 1. The van der Waals surface area contributed by atoms with E-state index < -0.39 is 5.97 Å². The van der Waals surface area contributed by atoms with E-state index in [-0.39, 0.29) is 5.69 Å². The Morgan fingerprint density at radius 2 is 1.86 bits per heavy atom. The van der Waals surface area contributed by atoms with Crippen molar-refractivity contribution in [2.45, 2.75) is 44.1 Å². The molecule has 0 unspecified atom stereocenters. The number of ether oxygens (including phenoxy) is 1. The van der Waals surface area contributed by atoms with Crippen LogP contribution in [0.4, 0.5) is 5.69 Å². The number of carboxylic acids is 1. The van der Waals surface area contributed by atoms with Crippen molar-refractivity contribution in [3.05, 3.63) is 47.8 Å². The first-order valence-electron chi connectivity index (χ1n) is 12.8. The minimum Gasteiger partial charge on any atom is -0.477 e. The van der Waals surface area contributed by atoms with Gasteiger partial charge in [0.2, 0.25) is 0 Å². The number of carboxylic acid groups (broad SMARTS) is 1. The third-order valence-corrected chi connectivity index (χ3v) is 8.08. The highest BCUT2D eigenvalue weighted by Gasteiger charge is 2.33. The fourth-order valence-electron chi connectivity index (χ4n) is 5.74. The highest BCUT2D eigenvalue weighted by Crippen LogP contribution is 2.43. The zero-order valence-electron chi connectivity index (χ0n) is 20.3. The molecule has 4 heterocycles. The number of pyridine rings is 1. The van der Waals surface area contributed by atoms with Gasteiger partial charge < -0.3 is 14.7 Å². The summed E-state index contributed by atoms with van der Waals surface area (Å²) >= 11 is 0. The van der Waals surface area contributed by atoms with Crippen molar-refractivity contribution in [1.29, 1.82) is 0 Å². The van der Waals surface area contributed by atoms with Crippen LogP contribution in [0.15, 0.2) is 36.4 Å². The van der Waals surface area contributed by atoms with Crippen molar-refractivity contribution in [3.63, 3.8) is 0 Å². The van der Waals surface area contributed by atoms with E-state index in [9.17, 15) is 9.90 Å². The maximum Gasteiger partial charge on any atom is 0.354 e. The largest absolute Gasteiger partial charge is 0.477 e. The number of piperidine rings is 1. The Morgan fingerprint density at radius 1 is 1.11 bits per heavy atom. The van der Waals surface area contributed by atoms with Gasteiger partial charge >= 0.3 is 5.97 Å². The summed E-state index contributed by atoms with van der Waals surface area (Å²) < 4.78 is 7.27. The predicted molar refractivity (Wildman–Crippen MR) is 135 cm³/mol. The summed E-state index contributed by atoms with van der Waals surface area (Å²) in [6.07, 6.45) is 6.06. The topological polar surface area (TPSA) is 83.7 Å². The van der Waals surface area contributed by atoms with Gasteiger partial charge in [-0.1, -0.05) is 24.6 Å². The molecule has 0 atom stereocenters. The second-order valence-electron chi connectivity index (χ2n) is 10.3. The number of fused-ring (bicyclic) bond motifs is 1. The molecule has 0 spiro atoms. The van der Waals surface area contributed by atoms with Crippen LogP contribution < -0.4 is 4.90 Å². The molecule has 2 aliphatic heterocycles. The van der Waals surface area contributed by atoms with Gasteiger partial charge in [-0.25, -0.2) is 14.5 Å². The van der Waals surface area contributed by atoms with Gasteiger partial charge in [-0.2, -0.15) is 5.10 Å². The van der Waals surface area contributed by atoms with Crippen LogP contribution in [0.1, 0.15) is 54.2 Å². The van der Waals surface area contributed by atoms with Crippen molar-refractivity contribution in [2.75, 3.05) is 44.7 Å². The molecule has 1 N–H and O–H groups in total. The molecule has 184 valence electrons. The first kappa shape index (κ1) is 22.5.